The maximum Gasteiger partial charge on any atom is 0.0837 e. The monoisotopic (exact) mass is 147 g/mol. The lowest BCUT2D eigenvalue weighted by molar-refractivity contribution is -0.0503. The number of aliphatic hydroxyl groups excluding tert-OH is 2. The van der Waals surface area contributed by atoms with Crippen LogP contribution in [0.2, 0.25) is 0 Å². The van der Waals surface area contributed by atoms with E-state index in [-0.39, 0.29) is 0 Å². The molecule has 0 aliphatic heterocycles. The van der Waals surface area contributed by atoms with Gasteiger partial charge in [0.05, 0.1) is 18.2 Å². The van der Waals surface area contributed by atoms with Crippen LogP contribution in [-0.2, 0) is 0 Å². The van der Waals surface area contributed by atoms with Crippen LogP contribution in [0.25, 0.3) is 0 Å². The Morgan fingerprint density at radius 2 is 1.60 bits per heavy atom. The molecule has 1 rings (SSSR count). The lowest BCUT2D eigenvalue weighted by Crippen LogP contribution is -2.49. The lowest BCUT2D eigenvalue weighted by atomic mass is 9.91. The van der Waals surface area contributed by atoms with E-state index in [0.717, 1.165) is 6.42 Å². The summed E-state index contributed by atoms with van der Waals surface area (Å²) in [4.78, 5) is 0. The van der Waals surface area contributed by atoms with E-state index >= 15 is 0 Å². The van der Waals surface area contributed by atoms with Crippen molar-refractivity contribution in [2.24, 2.45) is 0 Å². The van der Waals surface area contributed by atoms with Gasteiger partial charge in [0.2, 0.25) is 0 Å². The predicted molar refractivity (Wildman–Crippen MR) is 34.6 cm³/mol. The van der Waals surface area contributed by atoms with E-state index < -0.39 is 18.2 Å². The number of hydrogen-bond acceptors (Lipinski definition) is 4. The molecule has 2 atom stereocenters. The molecule has 0 heterocycles. The average Bonchev–Trinajstić information content (AvgIpc) is 1.88. The summed E-state index contributed by atoms with van der Waals surface area (Å²) in [5, 5.41) is 26.8. The van der Waals surface area contributed by atoms with Crippen molar-refractivity contribution in [3.63, 3.8) is 0 Å². The van der Waals surface area contributed by atoms with Crippen LogP contribution in [0.3, 0.4) is 0 Å². The second kappa shape index (κ2) is 3.30. The molecule has 4 N–H and O–H groups in total. The molecular weight excluding hydrogens is 134 g/mol. The molecule has 4 nitrogen and oxygen atoms in total. The molecule has 0 aromatic carbocycles. The van der Waals surface area contributed by atoms with Gasteiger partial charge in [0.15, 0.2) is 0 Å². The molecule has 10 heavy (non-hydrogen) atoms. The predicted octanol–water partition coefficient (Wildman–Crippen LogP) is -0.761. The zero-order chi connectivity index (χ0) is 7.56. The topological polar surface area (TPSA) is 72.7 Å². The normalized spacial score (nSPS) is 41.7. The summed E-state index contributed by atoms with van der Waals surface area (Å²) in [6.07, 6.45) is 0.882. The largest absolute Gasteiger partial charge is 0.391 e. The maximum atomic E-state index is 9.16. The first-order chi connectivity index (χ1) is 4.75. The van der Waals surface area contributed by atoms with Crippen LogP contribution in [0.5, 0.6) is 0 Å². The van der Waals surface area contributed by atoms with Gasteiger partial charge in [0.25, 0.3) is 0 Å². The Morgan fingerprint density at radius 1 is 1.10 bits per heavy atom. The summed E-state index contributed by atoms with van der Waals surface area (Å²) in [5.74, 6) is 0. The van der Waals surface area contributed by atoms with Crippen molar-refractivity contribution in [2.45, 2.75) is 37.5 Å². The second-order valence-electron chi connectivity index (χ2n) is 2.72. The fraction of sp³-hybridized carbons (Fsp3) is 1.00. The summed E-state index contributed by atoms with van der Waals surface area (Å²) in [5.41, 5.74) is 1.90. The molecule has 1 aliphatic rings. The summed E-state index contributed by atoms with van der Waals surface area (Å²) >= 11 is 0. The minimum absolute atomic E-state index is 0.561. The second-order valence-corrected chi connectivity index (χ2v) is 2.72. The van der Waals surface area contributed by atoms with E-state index in [1.807, 2.05) is 5.48 Å². The molecule has 0 saturated heterocycles. The van der Waals surface area contributed by atoms with Crippen LogP contribution in [-0.4, -0.2) is 33.7 Å². The van der Waals surface area contributed by atoms with Gasteiger partial charge in [-0.1, -0.05) is 0 Å². The molecule has 4 heteroatoms. The number of nitrogens with one attached hydrogen (secondary N) is 1. The van der Waals surface area contributed by atoms with Gasteiger partial charge in [-0.15, -0.1) is 0 Å². The highest BCUT2D eigenvalue weighted by molar-refractivity contribution is 4.84. The summed E-state index contributed by atoms with van der Waals surface area (Å²) < 4.78 is 0. The van der Waals surface area contributed by atoms with E-state index in [2.05, 4.69) is 0 Å². The quantitative estimate of drug-likeness (QED) is 0.368. The van der Waals surface area contributed by atoms with E-state index in [0.29, 0.717) is 12.8 Å². The van der Waals surface area contributed by atoms with Crippen molar-refractivity contribution < 1.29 is 15.4 Å². The van der Waals surface area contributed by atoms with Gasteiger partial charge in [0.1, 0.15) is 0 Å². The Bertz CT molecular complexity index is 99.2. The molecule has 1 saturated carbocycles. The molecule has 0 bridgehead atoms. The SMILES string of the molecule is ONC1C(O)CCCC1O. The van der Waals surface area contributed by atoms with E-state index in [1.54, 1.807) is 0 Å². The molecule has 60 valence electrons. The van der Waals surface area contributed by atoms with Gasteiger partial charge in [-0.2, -0.15) is 5.48 Å². The number of hydroxylamine groups is 1. The number of aliphatic hydroxyl groups is 2. The Balaban J connectivity index is 2.45. The van der Waals surface area contributed by atoms with Crippen molar-refractivity contribution in [2.75, 3.05) is 0 Å². The van der Waals surface area contributed by atoms with E-state index in [9.17, 15) is 0 Å². The van der Waals surface area contributed by atoms with Crippen LogP contribution >= 0.6 is 0 Å². The molecule has 1 fully saturated rings. The Morgan fingerprint density at radius 3 is 1.90 bits per heavy atom. The standard InChI is InChI=1S/C6H13NO3/c8-4-2-1-3-5(9)6(4)7-10/h4-10H,1-3H2. The minimum Gasteiger partial charge on any atom is -0.391 e. The van der Waals surface area contributed by atoms with Crippen LogP contribution < -0.4 is 5.48 Å². The third-order valence-electron chi connectivity index (χ3n) is 1.98. The molecule has 2 unspecified atom stereocenters. The van der Waals surface area contributed by atoms with Crippen LogP contribution in [0.15, 0.2) is 0 Å². The lowest BCUT2D eigenvalue weighted by Gasteiger charge is -2.30. The van der Waals surface area contributed by atoms with Crippen molar-refractivity contribution in [3.8, 4) is 0 Å². The van der Waals surface area contributed by atoms with E-state index in [1.165, 1.54) is 0 Å². The Hall–Kier alpha value is -0.160. The third-order valence-corrected chi connectivity index (χ3v) is 1.98. The van der Waals surface area contributed by atoms with Gasteiger partial charge in [0, 0.05) is 0 Å². The molecule has 0 amide bonds. The molecule has 0 aromatic rings. The molecule has 1 aliphatic carbocycles. The third kappa shape index (κ3) is 1.46. The maximum absolute atomic E-state index is 9.16. The van der Waals surface area contributed by atoms with Gasteiger partial charge in [-0.05, 0) is 19.3 Å². The summed E-state index contributed by atoms with van der Waals surface area (Å²) in [7, 11) is 0. The van der Waals surface area contributed by atoms with Crippen LogP contribution in [0.1, 0.15) is 19.3 Å². The number of rotatable bonds is 1. The summed E-state index contributed by atoms with van der Waals surface area (Å²) in [6.45, 7) is 0. The van der Waals surface area contributed by atoms with Crippen molar-refractivity contribution in [1.82, 2.24) is 5.48 Å². The Kier molecular flexibility index (Phi) is 2.62. The minimum atomic E-state index is -0.617. The highest BCUT2D eigenvalue weighted by atomic mass is 16.5. The first-order valence-corrected chi connectivity index (χ1v) is 3.51. The van der Waals surface area contributed by atoms with E-state index in [4.69, 9.17) is 15.4 Å². The highest BCUT2D eigenvalue weighted by Crippen LogP contribution is 2.18. The molecule has 0 radical (unpaired) electrons. The summed E-state index contributed by atoms with van der Waals surface area (Å²) in [6, 6.07) is -0.561. The molecular formula is C6H13NO3. The Labute approximate surface area is 59.4 Å². The van der Waals surface area contributed by atoms with Gasteiger partial charge in [-0.3, -0.25) is 0 Å². The molecule has 0 spiro atoms. The van der Waals surface area contributed by atoms with Crippen molar-refractivity contribution in [1.29, 1.82) is 0 Å². The highest BCUT2D eigenvalue weighted by Gasteiger charge is 2.29. The van der Waals surface area contributed by atoms with Crippen molar-refractivity contribution >= 4 is 0 Å². The first-order valence-electron chi connectivity index (χ1n) is 3.51. The van der Waals surface area contributed by atoms with Crippen LogP contribution in [0, 0.1) is 0 Å². The van der Waals surface area contributed by atoms with Gasteiger partial charge >= 0.3 is 0 Å². The fourth-order valence-corrected chi connectivity index (χ4v) is 1.32. The van der Waals surface area contributed by atoms with Crippen LogP contribution in [0.4, 0.5) is 0 Å². The zero-order valence-corrected chi connectivity index (χ0v) is 5.70. The average molecular weight is 147 g/mol. The first kappa shape index (κ1) is 7.94. The zero-order valence-electron chi connectivity index (χ0n) is 5.70. The van der Waals surface area contributed by atoms with Gasteiger partial charge in [-0.25, -0.2) is 0 Å². The number of hydrogen-bond donors (Lipinski definition) is 4. The van der Waals surface area contributed by atoms with Gasteiger partial charge < -0.3 is 15.4 Å². The fourth-order valence-electron chi connectivity index (χ4n) is 1.32. The smallest absolute Gasteiger partial charge is 0.0837 e. The van der Waals surface area contributed by atoms with Crippen molar-refractivity contribution in [3.05, 3.63) is 0 Å². The molecule has 0 aromatic heterocycles.